The van der Waals surface area contributed by atoms with Crippen molar-refractivity contribution < 1.29 is 19.1 Å². The minimum absolute atomic E-state index is 0.288. The van der Waals surface area contributed by atoms with Gasteiger partial charge in [0.15, 0.2) is 0 Å². The van der Waals surface area contributed by atoms with E-state index in [1.165, 1.54) is 18.9 Å². The molecule has 1 aromatic carbocycles. The van der Waals surface area contributed by atoms with Gasteiger partial charge in [-0.05, 0) is 31.2 Å². The number of methoxy groups -OCH3 is 1. The summed E-state index contributed by atoms with van der Waals surface area (Å²) in [7, 11) is 4.79. The third-order valence-electron chi connectivity index (χ3n) is 2.72. The van der Waals surface area contributed by atoms with Gasteiger partial charge in [-0.1, -0.05) is 30.0 Å². The molecular weight excluding hydrogens is 314 g/mol. The second-order valence-corrected chi connectivity index (χ2v) is 5.72. The van der Waals surface area contributed by atoms with Gasteiger partial charge in [0.05, 0.1) is 18.6 Å². The lowest BCUT2D eigenvalue weighted by Gasteiger charge is -2.15. The molecule has 0 spiro atoms. The highest BCUT2D eigenvalue weighted by molar-refractivity contribution is 8.04. The molecule has 1 rings (SSSR count). The number of allylic oxidation sites excluding steroid dienone is 2. The van der Waals surface area contributed by atoms with Gasteiger partial charge < -0.3 is 14.4 Å². The van der Waals surface area contributed by atoms with Crippen LogP contribution in [0.15, 0.2) is 58.0 Å². The molecular formula is C17H21NO4S. The first kappa shape index (κ1) is 18.8. The van der Waals surface area contributed by atoms with Gasteiger partial charge in [-0.25, -0.2) is 9.59 Å². The Morgan fingerprint density at radius 2 is 1.78 bits per heavy atom. The normalized spacial score (nSPS) is 11.8. The number of ether oxygens (including phenoxy) is 2. The molecule has 0 bridgehead atoms. The van der Waals surface area contributed by atoms with Gasteiger partial charge in [0.25, 0.3) is 0 Å². The molecule has 0 aliphatic rings. The van der Waals surface area contributed by atoms with E-state index in [1.54, 1.807) is 38.1 Å². The molecule has 0 amide bonds. The molecule has 1 aromatic rings. The maximum Gasteiger partial charge on any atom is 0.354 e. The second-order valence-electron chi connectivity index (χ2n) is 4.60. The molecule has 0 fully saturated rings. The minimum atomic E-state index is -0.461. The van der Waals surface area contributed by atoms with Crippen LogP contribution in [0.25, 0.3) is 0 Å². The molecule has 0 aromatic heterocycles. The Balaban J connectivity index is 3.09. The standard InChI is InChI=1S/C17H21NO4S/c1-5-22-16(19)14(18(2)3)11-12-15(17(20)21-4)23-13-9-7-6-8-10-13/h6-12H,5H2,1-4H3/b14-11-,15-12-. The first-order chi connectivity index (χ1) is 11.0. The zero-order valence-corrected chi connectivity index (χ0v) is 14.6. The fraction of sp³-hybridized carbons (Fsp3) is 0.294. The summed E-state index contributed by atoms with van der Waals surface area (Å²) in [5.41, 5.74) is 0.349. The van der Waals surface area contributed by atoms with Crippen molar-refractivity contribution in [2.45, 2.75) is 11.8 Å². The van der Waals surface area contributed by atoms with Crippen molar-refractivity contribution >= 4 is 23.7 Å². The molecule has 23 heavy (non-hydrogen) atoms. The molecule has 124 valence electrons. The van der Waals surface area contributed by atoms with Gasteiger partial charge in [-0.3, -0.25) is 0 Å². The number of hydrogen-bond donors (Lipinski definition) is 0. The van der Waals surface area contributed by atoms with E-state index in [2.05, 4.69) is 0 Å². The van der Waals surface area contributed by atoms with E-state index in [9.17, 15) is 9.59 Å². The molecule has 0 aliphatic heterocycles. The molecule has 0 unspecified atom stereocenters. The highest BCUT2D eigenvalue weighted by Crippen LogP contribution is 2.27. The molecule has 0 atom stereocenters. The van der Waals surface area contributed by atoms with Crippen molar-refractivity contribution in [2.24, 2.45) is 0 Å². The van der Waals surface area contributed by atoms with Crippen LogP contribution >= 0.6 is 11.8 Å². The van der Waals surface area contributed by atoms with Gasteiger partial charge >= 0.3 is 11.9 Å². The van der Waals surface area contributed by atoms with E-state index in [-0.39, 0.29) is 6.61 Å². The van der Waals surface area contributed by atoms with Crippen LogP contribution < -0.4 is 0 Å². The van der Waals surface area contributed by atoms with E-state index >= 15 is 0 Å². The largest absolute Gasteiger partial charge is 0.465 e. The lowest BCUT2D eigenvalue weighted by Crippen LogP contribution is -2.21. The zero-order chi connectivity index (χ0) is 17.2. The summed E-state index contributed by atoms with van der Waals surface area (Å²) >= 11 is 1.27. The Hall–Kier alpha value is -2.21. The third kappa shape index (κ3) is 6.20. The predicted octanol–water partition coefficient (Wildman–Crippen LogP) is 2.84. The molecule has 5 nitrogen and oxygen atoms in total. The smallest absolute Gasteiger partial charge is 0.354 e. The lowest BCUT2D eigenvalue weighted by molar-refractivity contribution is -0.140. The predicted molar refractivity (Wildman–Crippen MR) is 90.8 cm³/mol. The first-order valence-electron chi connectivity index (χ1n) is 7.07. The fourth-order valence-corrected chi connectivity index (χ4v) is 2.47. The van der Waals surface area contributed by atoms with Crippen LogP contribution in [0.2, 0.25) is 0 Å². The van der Waals surface area contributed by atoms with E-state index in [1.807, 2.05) is 30.3 Å². The molecule has 0 aliphatic carbocycles. The Kier molecular flexibility index (Phi) is 7.97. The first-order valence-corrected chi connectivity index (χ1v) is 7.88. The van der Waals surface area contributed by atoms with Crippen LogP contribution in [0.1, 0.15) is 6.92 Å². The number of thioether (sulfide) groups is 1. The number of carbonyl (C=O) groups is 2. The quantitative estimate of drug-likeness (QED) is 0.330. The molecule has 0 heterocycles. The number of nitrogens with zero attached hydrogens (tertiary/aromatic N) is 1. The van der Waals surface area contributed by atoms with Crippen molar-refractivity contribution in [2.75, 3.05) is 27.8 Å². The number of benzene rings is 1. The van der Waals surface area contributed by atoms with E-state index in [4.69, 9.17) is 9.47 Å². The number of hydrogen-bond acceptors (Lipinski definition) is 6. The van der Waals surface area contributed by atoms with Crippen LogP contribution in [0.3, 0.4) is 0 Å². The van der Waals surface area contributed by atoms with Crippen molar-refractivity contribution in [1.82, 2.24) is 4.90 Å². The van der Waals surface area contributed by atoms with Crippen molar-refractivity contribution in [3.63, 3.8) is 0 Å². The number of esters is 2. The summed E-state index contributed by atoms with van der Waals surface area (Å²) in [5.74, 6) is -0.903. The van der Waals surface area contributed by atoms with Crippen LogP contribution in [0.4, 0.5) is 0 Å². The summed E-state index contributed by atoms with van der Waals surface area (Å²) < 4.78 is 9.80. The lowest BCUT2D eigenvalue weighted by atomic mass is 10.3. The van der Waals surface area contributed by atoms with Gasteiger partial charge in [0.2, 0.25) is 0 Å². The van der Waals surface area contributed by atoms with Crippen LogP contribution in [-0.2, 0) is 19.1 Å². The highest BCUT2D eigenvalue weighted by atomic mass is 32.2. The van der Waals surface area contributed by atoms with E-state index in [0.29, 0.717) is 10.6 Å². The molecule has 6 heteroatoms. The van der Waals surface area contributed by atoms with Gasteiger partial charge in [-0.15, -0.1) is 0 Å². The van der Waals surface area contributed by atoms with Crippen molar-refractivity contribution in [1.29, 1.82) is 0 Å². The average molecular weight is 335 g/mol. The van der Waals surface area contributed by atoms with Gasteiger partial charge in [0.1, 0.15) is 5.70 Å². The molecule has 0 radical (unpaired) electrons. The Morgan fingerprint density at radius 1 is 1.13 bits per heavy atom. The maximum atomic E-state index is 11.9. The van der Waals surface area contributed by atoms with Crippen LogP contribution in [0, 0.1) is 0 Å². The Bertz CT molecular complexity index is 594. The van der Waals surface area contributed by atoms with Gasteiger partial charge in [-0.2, -0.15) is 0 Å². The molecule has 0 saturated heterocycles. The summed E-state index contributed by atoms with van der Waals surface area (Å²) in [6.07, 6.45) is 3.12. The summed E-state index contributed by atoms with van der Waals surface area (Å²) in [6, 6.07) is 9.46. The Morgan fingerprint density at radius 3 is 2.30 bits per heavy atom. The topological polar surface area (TPSA) is 55.8 Å². The molecule has 0 N–H and O–H groups in total. The van der Waals surface area contributed by atoms with Crippen LogP contribution in [0.5, 0.6) is 0 Å². The van der Waals surface area contributed by atoms with Crippen LogP contribution in [-0.4, -0.2) is 44.7 Å². The fourth-order valence-electron chi connectivity index (χ4n) is 1.62. The number of carbonyl (C=O) groups excluding carboxylic acids is 2. The maximum absolute atomic E-state index is 11.9. The zero-order valence-electron chi connectivity index (χ0n) is 13.7. The molecule has 0 saturated carbocycles. The Labute approximate surface area is 140 Å². The number of likely N-dealkylation sites (N-methyl/N-ethyl adjacent to an activating group) is 1. The van der Waals surface area contributed by atoms with Crippen molar-refractivity contribution in [3.8, 4) is 0 Å². The van der Waals surface area contributed by atoms with E-state index in [0.717, 1.165) is 4.90 Å². The summed E-state index contributed by atoms with van der Waals surface area (Å²) in [4.78, 5) is 26.7. The highest BCUT2D eigenvalue weighted by Gasteiger charge is 2.14. The number of rotatable bonds is 7. The third-order valence-corrected chi connectivity index (χ3v) is 3.75. The SMILES string of the molecule is CCOC(=O)/C(=C/C=C(\Sc1ccccc1)C(=O)OC)N(C)C. The average Bonchev–Trinajstić information content (AvgIpc) is 2.54. The monoisotopic (exact) mass is 335 g/mol. The summed E-state index contributed by atoms with van der Waals surface area (Å²) in [5, 5.41) is 0. The van der Waals surface area contributed by atoms with Gasteiger partial charge in [0, 0.05) is 19.0 Å². The summed E-state index contributed by atoms with van der Waals surface area (Å²) in [6.45, 7) is 2.03. The van der Waals surface area contributed by atoms with E-state index < -0.39 is 11.9 Å². The van der Waals surface area contributed by atoms with Crippen molar-refractivity contribution in [3.05, 3.63) is 53.1 Å². The second kappa shape index (κ2) is 9.74. The minimum Gasteiger partial charge on any atom is -0.465 e.